The smallest absolute Gasteiger partial charge is 0.406 e. The largest absolute Gasteiger partial charge is 0.573 e. The summed E-state index contributed by atoms with van der Waals surface area (Å²) in [7, 11) is 0. The van der Waals surface area contributed by atoms with Crippen molar-refractivity contribution in [3.05, 3.63) is 89.7 Å². The number of amidine groups is 1. The molecule has 2 amide bonds. The molecule has 0 radical (unpaired) electrons. The van der Waals surface area contributed by atoms with Crippen molar-refractivity contribution in [1.82, 2.24) is 20.1 Å². The van der Waals surface area contributed by atoms with Crippen LogP contribution in [0.1, 0.15) is 63.6 Å². The quantitative estimate of drug-likeness (QED) is 0.216. The molecule has 1 atom stereocenters. The summed E-state index contributed by atoms with van der Waals surface area (Å²) in [6.45, 7) is 12.4. The topological polar surface area (TPSA) is 84.6 Å². The standard InChI is InChI=1S/C34H37F3N6O2S/c1-21(2)28-16-7-22(3)19-29(28)43-23(4)17-18-46-32(43)39-31(44)40-33(5,6)25-10-8-24(9-11-25)30-38-20-42(41-30)26-12-14-27(15-13-26)45-34(35,36)37/h7-16,19-21,23H,17-18H2,1-6H3,(H,40,44). The maximum atomic E-state index is 13.4. The van der Waals surface area contributed by atoms with Crippen LogP contribution in [-0.4, -0.2) is 44.1 Å². The van der Waals surface area contributed by atoms with Crippen LogP contribution in [0.5, 0.6) is 5.75 Å². The third-order valence-corrected chi connectivity index (χ3v) is 8.78. The molecule has 0 spiro atoms. The molecule has 242 valence electrons. The Morgan fingerprint density at radius 2 is 1.76 bits per heavy atom. The lowest BCUT2D eigenvalue weighted by Crippen LogP contribution is -2.44. The Hall–Kier alpha value is -4.32. The van der Waals surface area contributed by atoms with Crippen molar-refractivity contribution in [2.75, 3.05) is 10.7 Å². The molecule has 46 heavy (non-hydrogen) atoms. The molecule has 1 unspecified atom stereocenters. The Bertz CT molecular complexity index is 1720. The van der Waals surface area contributed by atoms with Gasteiger partial charge in [-0.05, 0) is 87.1 Å². The van der Waals surface area contributed by atoms with Crippen molar-refractivity contribution in [2.24, 2.45) is 4.99 Å². The summed E-state index contributed by atoms with van der Waals surface area (Å²) < 4.78 is 42.8. The van der Waals surface area contributed by atoms with Gasteiger partial charge in [0.15, 0.2) is 11.0 Å². The summed E-state index contributed by atoms with van der Waals surface area (Å²) in [5, 5.41) is 8.24. The second-order valence-corrected chi connectivity index (χ2v) is 13.2. The number of anilines is 1. The molecule has 1 fully saturated rings. The van der Waals surface area contributed by atoms with Gasteiger partial charge in [0, 0.05) is 23.0 Å². The highest BCUT2D eigenvalue weighted by Gasteiger charge is 2.31. The minimum absolute atomic E-state index is 0.201. The average Bonchev–Trinajstić information content (AvgIpc) is 3.47. The van der Waals surface area contributed by atoms with E-state index in [1.54, 1.807) is 11.8 Å². The number of aromatic nitrogens is 3. The molecule has 4 aromatic rings. The molecule has 0 saturated carbocycles. The Morgan fingerprint density at radius 1 is 1.07 bits per heavy atom. The number of aryl methyl sites for hydroxylation is 1. The summed E-state index contributed by atoms with van der Waals surface area (Å²) in [6, 6.07) is 19.1. The third kappa shape index (κ3) is 7.72. The van der Waals surface area contributed by atoms with Gasteiger partial charge >= 0.3 is 12.4 Å². The predicted octanol–water partition coefficient (Wildman–Crippen LogP) is 8.60. The zero-order valence-corrected chi connectivity index (χ0v) is 27.4. The number of halogens is 3. The molecule has 5 rings (SSSR count). The number of hydrogen-bond donors (Lipinski definition) is 1. The second-order valence-electron chi connectivity index (χ2n) is 12.2. The molecule has 1 aliphatic heterocycles. The van der Waals surface area contributed by atoms with E-state index in [4.69, 9.17) is 0 Å². The molecule has 1 aliphatic rings. The van der Waals surface area contributed by atoms with Crippen molar-refractivity contribution in [1.29, 1.82) is 0 Å². The zero-order valence-electron chi connectivity index (χ0n) is 26.6. The maximum Gasteiger partial charge on any atom is 0.573 e. The van der Waals surface area contributed by atoms with Crippen LogP contribution in [0.25, 0.3) is 17.1 Å². The number of rotatable bonds is 7. The van der Waals surface area contributed by atoms with E-state index < -0.39 is 17.9 Å². The van der Waals surface area contributed by atoms with E-state index in [1.807, 2.05) is 38.1 Å². The minimum Gasteiger partial charge on any atom is -0.406 e. The number of aliphatic imine (C=N–C) groups is 1. The van der Waals surface area contributed by atoms with E-state index in [1.165, 1.54) is 40.8 Å². The number of thioether (sulfide) groups is 1. The molecule has 8 nitrogen and oxygen atoms in total. The van der Waals surface area contributed by atoms with Gasteiger partial charge in [0.1, 0.15) is 12.1 Å². The fourth-order valence-electron chi connectivity index (χ4n) is 5.30. The molecule has 0 aliphatic carbocycles. The van der Waals surface area contributed by atoms with Gasteiger partial charge < -0.3 is 15.0 Å². The summed E-state index contributed by atoms with van der Waals surface area (Å²) >= 11 is 1.60. The fourth-order valence-corrected chi connectivity index (χ4v) is 6.50. The first kappa shape index (κ1) is 33.1. The normalized spacial score (nSPS) is 16.6. The van der Waals surface area contributed by atoms with E-state index in [-0.39, 0.29) is 11.8 Å². The second kappa shape index (κ2) is 13.2. The van der Waals surface area contributed by atoms with E-state index in [2.05, 4.69) is 75.9 Å². The van der Waals surface area contributed by atoms with Crippen LogP contribution >= 0.6 is 11.8 Å². The maximum absolute atomic E-state index is 13.4. The van der Waals surface area contributed by atoms with Crippen LogP contribution in [0.15, 0.2) is 78.0 Å². The van der Waals surface area contributed by atoms with Gasteiger partial charge in [0.2, 0.25) is 0 Å². The van der Waals surface area contributed by atoms with Gasteiger partial charge in [-0.3, -0.25) is 0 Å². The average molecular weight is 651 g/mol. The van der Waals surface area contributed by atoms with Gasteiger partial charge in [0.25, 0.3) is 0 Å². The Balaban J connectivity index is 1.30. The number of urea groups is 1. The number of amides is 2. The molecule has 0 bridgehead atoms. The van der Waals surface area contributed by atoms with Crippen LogP contribution in [0, 0.1) is 6.92 Å². The SMILES string of the molecule is Cc1ccc(C(C)C)c(N2C(=NC(=O)NC(C)(C)c3ccc(-c4ncn(-c5ccc(OC(F)(F)F)cc5)n4)cc3)SCCC2C)c1. The van der Waals surface area contributed by atoms with Crippen LogP contribution in [0.4, 0.5) is 23.7 Å². The number of carbonyl (C=O) groups is 1. The van der Waals surface area contributed by atoms with Crippen molar-refractivity contribution in [2.45, 2.75) is 71.8 Å². The number of nitrogens with one attached hydrogen (secondary N) is 1. The van der Waals surface area contributed by atoms with Gasteiger partial charge in [-0.2, -0.15) is 4.99 Å². The number of benzene rings is 3. The Morgan fingerprint density at radius 3 is 2.41 bits per heavy atom. The third-order valence-electron chi connectivity index (χ3n) is 7.79. The first-order chi connectivity index (χ1) is 21.7. The van der Waals surface area contributed by atoms with Crippen molar-refractivity contribution in [3.63, 3.8) is 0 Å². The predicted molar refractivity (Wildman–Crippen MR) is 177 cm³/mol. The molecule has 3 aromatic carbocycles. The first-order valence-electron chi connectivity index (χ1n) is 15.0. The van der Waals surface area contributed by atoms with Crippen LogP contribution in [0.2, 0.25) is 0 Å². The lowest BCUT2D eigenvalue weighted by molar-refractivity contribution is -0.274. The Kier molecular flexibility index (Phi) is 9.48. The van der Waals surface area contributed by atoms with Crippen LogP contribution in [-0.2, 0) is 5.54 Å². The fraction of sp³-hybridized carbons (Fsp3) is 0.353. The highest BCUT2D eigenvalue weighted by atomic mass is 32.2. The summed E-state index contributed by atoms with van der Waals surface area (Å²) in [6.07, 6.45) is -2.28. The molecular formula is C34H37F3N6O2S. The lowest BCUT2D eigenvalue weighted by atomic mass is 9.93. The lowest BCUT2D eigenvalue weighted by Gasteiger charge is -2.37. The number of nitrogens with zero attached hydrogens (tertiary/aromatic N) is 5. The zero-order chi connectivity index (χ0) is 33.2. The molecule has 1 N–H and O–H groups in total. The molecule has 1 saturated heterocycles. The first-order valence-corrected chi connectivity index (χ1v) is 16.0. The Labute approximate surface area is 271 Å². The van der Waals surface area contributed by atoms with Crippen LogP contribution in [0.3, 0.4) is 0 Å². The van der Waals surface area contributed by atoms with E-state index in [0.29, 0.717) is 22.6 Å². The molecule has 1 aromatic heterocycles. The molecular weight excluding hydrogens is 613 g/mol. The number of ether oxygens (including phenoxy) is 1. The van der Waals surface area contributed by atoms with E-state index >= 15 is 0 Å². The number of alkyl halides is 3. The van der Waals surface area contributed by atoms with Gasteiger partial charge in [-0.1, -0.05) is 62.0 Å². The van der Waals surface area contributed by atoms with E-state index in [0.717, 1.165) is 34.6 Å². The highest BCUT2D eigenvalue weighted by Crippen LogP contribution is 2.36. The molecule has 12 heteroatoms. The van der Waals surface area contributed by atoms with Gasteiger partial charge in [-0.25, -0.2) is 14.5 Å². The van der Waals surface area contributed by atoms with Crippen molar-refractivity contribution >= 4 is 28.6 Å². The number of hydrogen-bond acceptors (Lipinski definition) is 5. The monoisotopic (exact) mass is 650 g/mol. The van der Waals surface area contributed by atoms with Crippen LogP contribution < -0.4 is 15.0 Å². The minimum atomic E-state index is -4.76. The van der Waals surface area contributed by atoms with Gasteiger partial charge in [-0.15, -0.1) is 18.3 Å². The van der Waals surface area contributed by atoms with E-state index in [9.17, 15) is 18.0 Å². The number of carbonyl (C=O) groups excluding carboxylic acids is 1. The summed E-state index contributed by atoms with van der Waals surface area (Å²) in [5.41, 5.74) is 4.89. The van der Waals surface area contributed by atoms with Gasteiger partial charge in [0.05, 0.1) is 11.2 Å². The highest BCUT2D eigenvalue weighted by molar-refractivity contribution is 8.14. The van der Waals surface area contributed by atoms with Crippen molar-refractivity contribution < 1.29 is 22.7 Å². The van der Waals surface area contributed by atoms with Crippen molar-refractivity contribution in [3.8, 4) is 22.8 Å². The molecule has 2 heterocycles. The summed E-state index contributed by atoms with van der Waals surface area (Å²) in [5.74, 6) is 1.34. The summed E-state index contributed by atoms with van der Waals surface area (Å²) in [4.78, 5) is 24.5.